The standard InChI is InChI=1S/C18H19N3O5/c22-16(19-10-13-4-3-8-25-13)11-20-17(23)12-21-14-5-1-2-6-15(14)26-9-7-18(21)24/h1-6,8H,7,9-12H2,(H,19,22)(H,20,23). The highest BCUT2D eigenvalue weighted by atomic mass is 16.5. The van der Waals surface area contributed by atoms with Gasteiger partial charge in [-0.15, -0.1) is 0 Å². The predicted molar refractivity (Wildman–Crippen MR) is 92.5 cm³/mol. The van der Waals surface area contributed by atoms with Crippen LogP contribution in [-0.4, -0.2) is 37.4 Å². The Morgan fingerprint density at radius 3 is 2.73 bits per heavy atom. The van der Waals surface area contributed by atoms with Crippen LogP contribution < -0.4 is 20.3 Å². The topological polar surface area (TPSA) is 101 Å². The predicted octanol–water partition coefficient (Wildman–Crippen LogP) is 0.828. The third-order valence-electron chi connectivity index (χ3n) is 3.82. The second kappa shape index (κ2) is 8.19. The van der Waals surface area contributed by atoms with Crippen molar-refractivity contribution in [1.29, 1.82) is 0 Å². The van der Waals surface area contributed by atoms with Crippen LogP contribution >= 0.6 is 0 Å². The highest BCUT2D eigenvalue weighted by Crippen LogP contribution is 2.30. The Labute approximate surface area is 150 Å². The third kappa shape index (κ3) is 4.41. The van der Waals surface area contributed by atoms with E-state index in [-0.39, 0.29) is 44.5 Å². The van der Waals surface area contributed by atoms with Crippen molar-refractivity contribution >= 4 is 23.4 Å². The lowest BCUT2D eigenvalue weighted by Crippen LogP contribution is -2.43. The van der Waals surface area contributed by atoms with E-state index < -0.39 is 5.91 Å². The molecule has 2 N–H and O–H groups in total. The number of para-hydroxylation sites is 2. The number of benzene rings is 1. The van der Waals surface area contributed by atoms with Gasteiger partial charge in [-0.2, -0.15) is 0 Å². The minimum Gasteiger partial charge on any atom is -0.491 e. The molecule has 8 heteroatoms. The second-order valence-electron chi connectivity index (χ2n) is 5.68. The number of furan rings is 1. The molecule has 0 atom stereocenters. The van der Waals surface area contributed by atoms with Crippen molar-refractivity contribution in [2.24, 2.45) is 0 Å². The molecule has 3 rings (SSSR count). The van der Waals surface area contributed by atoms with E-state index in [4.69, 9.17) is 9.15 Å². The molecule has 0 aliphatic carbocycles. The number of nitrogens with zero attached hydrogens (tertiary/aromatic N) is 1. The van der Waals surface area contributed by atoms with Gasteiger partial charge in [-0.25, -0.2) is 0 Å². The Hall–Kier alpha value is -3.29. The number of rotatable bonds is 6. The van der Waals surface area contributed by atoms with Crippen LogP contribution in [0.15, 0.2) is 47.1 Å². The molecule has 2 aromatic rings. The van der Waals surface area contributed by atoms with Crippen molar-refractivity contribution < 1.29 is 23.5 Å². The molecule has 8 nitrogen and oxygen atoms in total. The summed E-state index contributed by atoms with van der Waals surface area (Å²) in [5, 5.41) is 5.15. The summed E-state index contributed by atoms with van der Waals surface area (Å²) in [6.07, 6.45) is 1.70. The minimum atomic E-state index is -0.428. The SMILES string of the molecule is O=C(CNC(=O)CN1C(=O)CCOc2ccccc21)NCc1ccco1. The fourth-order valence-electron chi connectivity index (χ4n) is 2.53. The lowest BCUT2D eigenvalue weighted by Gasteiger charge is -2.21. The number of fused-ring (bicyclic) bond motifs is 1. The van der Waals surface area contributed by atoms with Crippen LogP contribution in [0.5, 0.6) is 5.75 Å². The summed E-state index contributed by atoms with van der Waals surface area (Å²) in [5.74, 6) is 0.204. The summed E-state index contributed by atoms with van der Waals surface area (Å²) in [6, 6.07) is 10.5. The van der Waals surface area contributed by atoms with Crippen LogP contribution in [0.25, 0.3) is 0 Å². The van der Waals surface area contributed by atoms with Crippen LogP contribution in [0.4, 0.5) is 5.69 Å². The molecule has 26 heavy (non-hydrogen) atoms. The summed E-state index contributed by atoms with van der Waals surface area (Å²) in [7, 11) is 0. The van der Waals surface area contributed by atoms with Crippen LogP contribution in [0, 0.1) is 0 Å². The first-order valence-corrected chi connectivity index (χ1v) is 8.21. The summed E-state index contributed by atoms with van der Waals surface area (Å²) < 4.78 is 10.6. The molecule has 0 fully saturated rings. The molecule has 136 valence electrons. The highest BCUT2D eigenvalue weighted by Gasteiger charge is 2.25. The Morgan fingerprint density at radius 1 is 1.08 bits per heavy atom. The summed E-state index contributed by atoms with van der Waals surface area (Å²) in [6.45, 7) is 0.157. The Kier molecular flexibility index (Phi) is 5.52. The van der Waals surface area contributed by atoms with Crippen LogP contribution in [0.1, 0.15) is 12.2 Å². The number of hydrogen-bond acceptors (Lipinski definition) is 5. The molecule has 3 amide bonds. The van der Waals surface area contributed by atoms with E-state index in [0.717, 1.165) is 0 Å². The molecule has 0 spiro atoms. The zero-order chi connectivity index (χ0) is 18.4. The maximum atomic E-state index is 12.3. The van der Waals surface area contributed by atoms with E-state index in [9.17, 15) is 14.4 Å². The molecule has 0 unspecified atom stereocenters. The van der Waals surface area contributed by atoms with Gasteiger partial charge in [-0.05, 0) is 24.3 Å². The maximum Gasteiger partial charge on any atom is 0.240 e. The van der Waals surface area contributed by atoms with Gasteiger partial charge >= 0.3 is 0 Å². The number of carbonyl (C=O) groups excluding carboxylic acids is 3. The summed E-state index contributed by atoms with van der Waals surface area (Å²) >= 11 is 0. The third-order valence-corrected chi connectivity index (χ3v) is 3.82. The fourth-order valence-corrected chi connectivity index (χ4v) is 2.53. The van der Waals surface area contributed by atoms with E-state index >= 15 is 0 Å². The number of carbonyl (C=O) groups is 3. The van der Waals surface area contributed by atoms with Gasteiger partial charge in [0.15, 0.2) is 0 Å². The van der Waals surface area contributed by atoms with Gasteiger partial charge in [0.25, 0.3) is 0 Å². The molecule has 0 saturated carbocycles. The Morgan fingerprint density at radius 2 is 1.92 bits per heavy atom. The molecule has 1 aromatic carbocycles. The minimum absolute atomic E-state index is 0.176. The van der Waals surface area contributed by atoms with Gasteiger partial charge in [0, 0.05) is 0 Å². The first-order chi connectivity index (χ1) is 12.6. The maximum absolute atomic E-state index is 12.3. The van der Waals surface area contributed by atoms with Gasteiger partial charge in [0.05, 0.1) is 38.1 Å². The average molecular weight is 357 g/mol. The Balaban J connectivity index is 1.52. The second-order valence-corrected chi connectivity index (χ2v) is 5.68. The highest BCUT2D eigenvalue weighted by molar-refractivity contribution is 6.00. The Bertz CT molecular complexity index is 788. The lowest BCUT2D eigenvalue weighted by molar-refractivity contribution is -0.126. The normalized spacial score (nSPS) is 13.4. The summed E-state index contributed by atoms with van der Waals surface area (Å²) in [5.41, 5.74) is 0.549. The lowest BCUT2D eigenvalue weighted by atomic mass is 10.2. The molecule has 1 aliphatic heterocycles. The number of hydrogen-bond donors (Lipinski definition) is 2. The molecule has 0 saturated heterocycles. The number of nitrogens with one attached hydrogen (secondary N) is 2. The van der Waals surface area contributed by atoms with E-state index in [0.29, 0.717) is 17.2 Å². The first kappa shape index (κ1) is 17.5. The van der Waals surface area contributed by atoms with Crippen molar-refractivity contribution in [1.82, 2.24) is 10.6 Å². The molecule has 2 heterocycles. The number of anilines is 1. The zero-order valence-corrected chi connectivity index (χ0v) is 14.1. The molecular weight excluding hydrogens is 338 g/mol. The zero-order valence-electron chi connectivity index (χ0n) is 14.1. The van der Waals surface area contributed by atoms with Crippen molar-refractivity contribution in [3.63, 3.8) is 0 Å². The van der Waals surface area contributed by atoms with Crippen LogP contribution in [-0.2, 0) is 20.9 Å². The number of amides is 3. The molecular formula is C18H19N3O5. The van der Waals surface area contributed by atoms with E-state index in [2.05, 4.69) is 10.6 Å². The molecule has 1 aliphatic rings. The van der Waals surface area contributed by atoms with Gasteiger partial charge in [-0.3, -0.25) is 19.3 Å². The van der Waals surface area contributed by atoms with Crippen LogP contribution in [0.2, 0.25) is 0 Å². The van der Waals surface area contributed by atoms with Crippen molar-refractivity contribution in [2.45, 2.75) is 13.0 Å². The van der Waals surface area contributed by atoms with Crippen molar-refractivity contribution in [3.8, 4) is 5.75 Å². The molecule has 0 radical (unpaired) electrons. The van der Waals surface area contributed by atoms with Gasteiger partial charge in [0.1, 0.15) is 18.1 Å². The van der Waals surface area contributed by atoms with Gasteiger partial charge in [0.2, 0.25) is 17.7 Å². The van der Waals surface area contributed by atoms with Crippen LogP contribution in [0.3, 0.4) is 0 Å². The average Bonchev–Trinajstić information content (AvgIpc) is 3.11. The first-order valence-electron chi connectivity index (χ1n) is 8.21. The quantitative estimate of drug-likeness (QED) is 0.797. The fraction of sp³-hybridized carbons (Fsp3) is 0.278. The van der Waals surface area contributed by atoms with Gasteiger partial charge in [-0.1, -0.05) is 12.1 Å². The van der Waals surface area contributed by atoms with Crippen molar-refractivity contribution in [3.05, 3.63) is 48.4 Å². The summed E-state index contributed by atoms with van der Waals surface area (Å²) in [4.78, 5) is 37.6. The van der Waals surface area contributed by atoms with E-state index in [1.54, 1.807) is 36.4 Å². The monoisotopic (exact) mass is 357 g/mol. The smallest absolute Gasteiger partial charge is 0.240 e. The molecule has 0 bridgehead atoms. The van der Waals surface area contributed by atoms with E-state index in [1.165, 1.54) is 11.2 Å². The van der Waals surface area contributed by atoms with E-state index in [1.807, 2.05) is 0 Å². The van der Waals surface area contributed by atoms with Crippen molar-refractivity contribution in [2.75, 3.05) is 24.6 Å². The largest absolute Gasteiger partial charge is 0.491 e. The van der Waals surface area contributed by atoms with Gasteiger partial charge < -0.3 is 19.8 Å². The molecule has 1 aromatic heterocycles. The number of ether oxygens (including phenoxy) is 1.